The first kappa shape index (κ1) is 21.8. The molecule has 0 bridgehead atoms. The van der Waals surface area contributed by atoms with Gasteiger partial charge in [0, 0.05) is 65.4 Å². The zero-order chi connectivity index (χ0) is 20.9. The monoisotopic (exact) mass is 405 g/mol. The number of piperidine rings is 1. The summed E-state index contributed by atoms with van der Waals surface area (Å²) < 4.78 is 1.75. The highest BCUT2D eigenvalue weighted by Crippen LogP contribution is 2.25. The molecule has 2 fully saturated rings. The first-order chi connectivity index (χ1) is 13.8. The van der Waals surface area contributed by atoms with E-state index in [1.165, 1.54) is 0 Å². The Morgan fingerprint density at radius 2 is 2.00 bits per heavy atom. The van der Waals surface area contributed by atoms with Crippen LogP contribution in [0.25, 0.3) is 0 Å². The lowest BCUT2D eigenvalue weighted by molar-refractivity contribution is -0.131. The minimum atomic E-state index is -0.737. The molecule has 3 heterocycles. The van der Waals surface area contributed by atoms with E-state index < -0.39 is 5.60 Å². The summed E-state index contributed by atoms with van der Waals surface area (Å²) in [6.07, 6.45) is 8.98. The van der Waals surface area contributed by atoms with E-state index in [0.717, 1.165) is 50.9 Å². The summed E-state index contributed by atoms with van der Waals surface area (Å²) in [5.74, 6) is 0.188. The smallest absolute Gasteiger partial charge is 0.222 e. The Bertz CT molecular complexity index is 698. The van der Waals surface area contributed by atoms with Crippen molar-refractivity contribution in [3.05, 3.63) is 18.0 Å². The lowest BCUT2D eigenvalue weighted by atomic mass is 9.93. The van der Waals surface area contributed by atoms with Crippen LogP contribution in [-0.2, 0) is 23.1 Å². The number of carbonyl (C=O) groups is 2. The van der Waals surface area contributed by atoms with Gasteiger partial charge in [-0.15, -0.1) is 0 Å². The van der Waals surface area contributed by atoms with Crippen LogP contribution >= 0.6 is 0 Å². The number of nitrogens with one attached hydrogen (secondary N) is 1. The summed E-state index contributed by atoms with van der Waals surface area (Å²) in [6, 6.07) is 0.250. The van der Waals surface area contributed by atoms with Gasteiger partial charge >= 0.3 is 0 Å². The number of amides is 2. The fourth-order valence-corrected chi connectivity index (χ4v) is 4.54. The predicted molar refractivity (Wildman–Crippen MR) is 110 cm³/mol. The van der Waals surface area contributed by atoms with Gasteiger partial charge in [0.15, 0.2) is 0 Å². The molecule has 1 atom stereocenters. The molecule has 8 nitrogen and oxygen atoms in total. The minimum Gasteiger partial charge on any atom is -0.388 e. The Morgan fingerprint density at radius 3 is 2.66 bits per heavy atom. The zero-order valence-electron chi connectivity index (χ0n) is 17.8. The van der Waals surface area contributed by atoms with Crippen LogP contribution in [0.15, 0.2) is 12.4 Å². The molecule has 2 aliphatic rings. The molecule has 1 aromatic heterocycles. The molecule has 0 aromatic carbocycles. The third-order valence-electron chi connectivity index (χ3n) is 6.17. The number of hydrogen-bond donors (Lipinski definition) is 2. The molecule has 1 aromatic rings. The van der Waals surface area contributed by atoms with Gasteiger partial charge in [-0.3, -0.25) is 14.3 Å². The van der Waals surface area contributed by atoms with Crippen molar-refractivity contribution in [2.45, 2.75) is 63.5 Å². The maximum Gasteiger partial charge on any atom is 0.222 e. The number of β-amino-alcohol motifs (C(OH)–C–C–N with tert-alkyl or cyclic N) is 1. The van der Waals surface area contributed by atoms with E-state index in [1.54, 1.807) is 11.6 Å². The molecule has 0 radical (unpaired) electrons. The lowest BCUT2D eigenvalue weighted by Gasteiger charge is -2.38. The number of aromatic nitrogens is 2. The highest BCUT2D eigenvalue weighted by Gasteiger charge is 2.34. The molecule has 0 saturated carbocycles. The Hall–Kier alpha value is -1.93. The summed E-state index contributed by atoms with van der Waals surface area (Å²) in [5, 5.41) is 18.3. The molecular weight excluding hydrogens is 370 g/mol. The number of aliphatic hydroxyl groups is 1. The third-order valence-corrected chi connectivity index (χ3v) is 6.17. The predicted octanol–water partition coefficient (Wildman–Crippen LogP) is 0.697. The summed E-state index contributed by atoms with van der Waals surface area (Å²) >= 11 is 0. The van der Waals surface area contributed by atoms with Crippen LogP contribution in [0.5, 0.6) is 0 Å². The molecule has 2 saturated heterocycles. The Labute approximate surface area is 173 Å². The average Bonchev–Trinajstić information content (AvgIpc) is 2.99. The van der Waals surface area contributed by atoms with Gasteiger partial charge in [-0.2, -0.15) is 5.10 Å². The highest BCUT2D eigenvalue weighted by molar-refractivity contribution is 5.76. The van der Waals surface area contributed by atoms with Crippen molar-refractivity contribution < 1.29 is 14.7 Å². The van der Waals surface area contributed by atoms with E-state index in [9.17, 15) is 14.7 Å². The van der Waals surface area contributed by atoms with Crippen LogP contribution in [0, 0.1) is 0 Å². The van der Waals surface area contributed by atoms with Gasteiger partial charge in [0.2, 0.25) is 11.8 Å². The molecule has 2 amide bonds. The maximum atomic E-state index is 12.6. The fourth-order valence-electron chi connectivity index (χ4n) is 4.54. The van der Waals surface area contributed by atoms with Crippen molar-refractivity contribution in [3.63, 3.8) is 0 Å². The van der Waals surface area contributed by atoms with Gasteiger partial charge in [0.05, 0.1) is 11.8 Å². The number of rotatable bonds is 6. The molecule has 3 rings (SSSR count). The standard InChI is InChI=1S/C21H35N5O3/c1-17(27)23-19-6-11-25(12-7-19)16-21(29)8-3-10-26(13-9-21)20(28)5-4-18-14-22-24(2)15-18/h14-15,19,29H,3-13,16H2,1-2H3,(H,23,27). The van der Waals surface area contributed by atoms with Crippen molar-refractivity contribution in [2.75, 3.05) is 32.7 Å². The quantitative estimate of drug-likeness (QED) is 0.727. The number of nitrogens with zero attached hydrogens (tertiary/aromatic N) is 4. The van der Waals surface area contributed by atoms with Crippen molar-refractivity contribution in [1.82, 2.24) is 24.9 Å². The van der Waals surface area contributed by atoms with Gasteiger partial charge in [-0.25, -0.2) is 0 Å². The van der Waals surface area contributed by atoms with E-state index in [-0.39, 0.29) is 17.9 Å². The second-order valence-corrected chi connectivity index (χ2v) is 8.73. The first-order valence-electron chi connectivity index (χ1n) is 10.8. The largest absolute Gasteiger partial charge is 0.388 e. The number of hydrogen-bond acceptors (Lipinski definition) is 5. The van der Waals surface area contributed by atoms with Crippen LogP contribution in [0.3, 0.4) is 0 Å². The number of likely N-dealkylation sites (tertiary alicyclic amines) is 2. The third kappa shape index (κ3) is 6.54. The minimum absolute atomic E-state index is 0.0270. The summed E-state index contributed by atoms with van der Waals surface area (Å²) in [5.41, 5.74) is 0.342. The van der Waals surface area contributed by atoms with Gasteiger partial charge < -0.3 is 20.2 Å². The summed E-state index contributed by atoms with van der Waals surface area (Å²) in [6.45, 7) is 5.33. The SMILES string of the molecule is CC(=O)NC1CCN(CC2(O)CCCN(C(=O)CCc3cnn(C)c3)CC2)CC1. The second kappa shape index (κ2) is 9.71. The maximum absolute atomic E-state index is 12.6. The highest BCUT2D eigenvalue weighted by atomic mass is 16.3. The molecular formula is C21H35N5O3. The first-order valence-corrected chi connectivity index (χ1v) is 10.8. The van der Waals surface area contributed by atoms with Crippen LogP contribution in [-0.4, -0.2) is 80.9 Å². The van der Waals surface area contributed by atoms with E-state index in [0.29, 0.717) is 32.4 Å². The van der Waals surface area contributed by atoms with Crippen LogP contribution in [0.2, 0.25) is 0 Å². The molecule has 8 heteroatoms. The van der Waals surface area contributed by atoms with E-state index in [1.807, 2.05) is 24.3 Å². The summed E-state index contributed by atoms with van der Waals surface area (Å²) in [4.78, 5) is 28.1. The molecule has 162 valence electrons. The molecule has 1 unspecified atom stereocenters. The van der Waals surface area contributed by atoms with Crippen molar-refractivity contribution in [3.8, 4) is 0 Å². The molecule has 29 heavy (non-hydrogen) atoms. The number of aryl methyl sites for hydroxylation is 2. The Kier molecular flexibility index (Phi) is 7.29. The number of carbonyl (C=O) groups excluding carboxylic acids is 2. The van der Waals surface area contributed by atoms with Gasteiger partial charge in [-0.1, -0.05) is 0 Å². The van der Waals surface area contributed by atoms with Gasteiger partial charge in [-0.05, 0) is 44.1 Å². The topological polar surface area (TPSA) is 90.7 Å². The second-order valence-electron chi connectivity index (χ2n) is 8.73. The van der Waals surface area contributed by atoms with E-state index in [2.05, 4.69) is 15.3 Å². The van der Waals surface area contributed by atoms with Gasteiger partial charge in [0.25, 0.3) is 0 Å². The van der Waals surface area contributed by atoms with Crippen molar-refractivity contribution >= 4 is 11.8 Å². The van der Waals surface area contributed by atoms with Crippen molar-refractivity contribution in [1.29, 1.82) is 0 Å². The molecule has 0 aliphatic carbocycles. The molecule has 2 aliphatic heterocycles. The lowest BCUT2D eigenvalue weighted by Crippen LogP contribution is -2.50. The van der Waals surface area contributed by atoms with E-state index in [4.69, 9.17) is 0 Å². The van der Waals surface area contributed by atoms with Crippen molar-refractivity contribution in [2.24, 2.45) is 7.05 Å². The molecule has 0 spiro atoms. The van der Waals surface area contributed by atoms with Crippen LogP contribution in [0.4, 0.5) is 0 Å². The van der Waals surface area contributed by atoms with Crippen LogP contribution in [0.1, 0.15) is 51.0 Å². The van der Waals surface area contributed by atoms with Crippen LogP contribution < -0.4 is 5.32 Å². The fraction of sp³-hybridized carbons (Fsp3) is 0.762. The van der Waals surface area contributed by atoms with E-state index >= 15 is 0 Å². The Balaban J connectivity index is 1.43. The Morgan fingerprint density at radius 1 is 1.24 bits per heavy atom. The normalized spacial score (nSPS) is 24.3. The van der Waals surface area contributed by atoms with Gasteiger partial charge in [0.1, 0.15) is 0 Å². The average molecular weight is 406 g/mol. The summed E-state index contributed by atoms with van der Waals surface area (Å²) in [7, 11) is 1.88. The molecule has 2 N–H and O–H groups in total. The zero-order valence-corrected chi connectivity index (χ0v) is 17.8.